The van der Waals surface area contributed by atoms with Gasteiger partial charge in [0.25, 0.3) is 0 Å². The minimum absolute atomic E-state index is 0.0105. The number of hydrogen-bond acceptors (Lipinski definition) is 5. The molecule has 0 unspecified atom stereocenters. The molecule has 184 valence electrons. The molecule has 7 heteroatoms. The normalized spacial score (nSPS) is 19.2. The number of rotatable bonds is 8. The molecule has 3 rings (SSSR count). The number of amides is 2. The summed E-state index contributed by atoms with van der Waals surface area (Å²) in [6.45, 7) is 9.48. The van der Waals surface area contributed by atoms with Gasteiger partial charge in [-0.3, -0.25) is 9.69 Å². The second-order valence-corrected chi connectivity index (χ2v) is 11.4. The SMILES string of the molecule is CC(C)(C)OC(=O)N[C@@H](CSCC1CCCCC1)C(=O)N1CCN(Cc2ccccc2)CC1. The first-order valence-electron chi connectivity index (χ1n) is 12.4. The average molecular weight is 476 g/mol. The summed E-state index contributed by atoms with van der Waals surface area (Å²) in [5.41, 5.74) is 0.705. The smallest absolute Gasteiger partial charge is 0.408 e. The van der Waals surface area contributed by atoms with Gasteiger partial charge in [0.15, 0.2) is 0 Å². The first-order valence-corrected chi connectivity index (χ1v) is 13.6. The van der Waals surface area contributed by atoms with Gasteiger partial charge in [0.05, 0.1) is 0 Å². The minimum atomic E-state index is -0.587. The minimum Gasteiger partial charge on any atom is -0.444 e. The highest BCUT2D eigenvalue weighted by atomic mass is 32.2. The van der Waals surface area contributed by atoms with E-state index in [1.807, 2.05) is 31.7 Å². The predicted octanol–water partition coefficient (Wildman–Crippen LogP) is 4.54. The first-order chi connectivity index (χ1) is 15.8. The largest absolute Gasteiger partial charge is 0.444 e. The van der Waals surface area contributed by atoms with Crippen LogP contribution in [0.2, 0.25) is 0 Å². The molecule has 1 saturated heterocycles. The van der Waals surface area contributed by atoms with Crippen molar-refractivity contribution in [1.29, 1.82) is 0 Å². The van der Waals surface area contributed by atoms with Gasteiger partial charge in [-0.2, -0.15) is 11.8 Å². The van der Waals surface area contributed by atoms with Gasteiger partial charge in [0.1, 0.15) is 11.6 Å². The maximum atomic E-state index is 13.4. The molecule has 33 heavy (non-hydrogen) atoms. The van der Waals surface area contributed by atoms with Crippen molar-refractivity contribution in [3.63, 3.8) is 0 Å². The van der Waals surface area contributed by atoms with E-state index >= 15 is 0 Å². The lowest BCUT2D eigenvalue weighted by Gasteiger charge is -2.36. The number of hydrogen-bond donors (Lipinski definition) is 1. The van der Waals surface area contributed by atoms with Crippen molar-refractivity contribution in [3.05, 3.63) is 35.9 Å². The summed E-state index contributed by atoms with van der Waals surface area (Å²) in [7, 11) is 0. The summed E-state index contributed by atoms with van der Waals surface area (Å²) in [6, 6.07) is 9.89. The monoisotopic (exact) mass is 475 g/mol. The molecule has 0 aromatic heterocycles. The maximum absolute atomic E-state index is 13.4. The molecule has 1 saturated carbocycles. The van der Waals surface area contributed by atoms with E-state index in [1.165, 1.54) is 37.7 Å². The number of alkyl carbamates (subject to hydrolysis) is 1. The topological polar surface area (TPSA) is 61.9 Å². The number of piperazine rings is 1. The molecular weight excluding hydrogens is 434 g/mol. The van der Waals surface area contributed by atoms with Gasteiger partial charge in [0.2, 0.25) is 5.91 Å². The quantitative estimate of drug-likeness (QED) is 0.598. The molecule has 1 aromatic rings. The lowest BCUT2D eigenvalue weighted by atomic mass is 9.91. The highest BCUT2D eigenvalue weighted by Gasteiger charge is 2.30. The molecule has 1 N–H and O–H groups in total. The van der Waals surface area contributed by atoms with Crippen LogP contribution >= 0.6 is 11.8 Å². The van der Waals surface area contributed by atoms with Gasteiger partial charge in [-0.25, -0.2) is 4.79 Å². The van der Waals surface area contributed by atoms with E-state index in [4.69, 9.17) is 4.74 Å². The van der Waals surface area contributed by atoms with Gasteiger partial charge >= 0.3 is 6.09 Å². The van der Waals surface area contributed by atoms with Crippen LogP contribution in [0.4, 0.5) is 4.79 Å². The van der Waals surface area contributed by atoms with Crippen molar-refractivity contribution >= 4 is 23.8 Å². The second kappa shape index (κ2) is 12.7. The Kier molecular flexibility index (Phi) is 9.93. The summed E-state index contributed by atoms with van der Waals surface area (Å²) < 4.78 is 5.45. The average Bonchev–Trinajstić information content (AvgIpc) is 2.79. The summed E-state index contributed by atoms with van der Waals surface area (Å²) in [4.78, 5) is 30.1. The third kappa shape index (κ3) is 9.20. The standard InChI is InChI=1S/C26H41N3O3S/c1-26(2,3)32-25(31)27-23(20-33-19-22-12-8-5-9-13-22)24(30)29-16-14-28(15-17-29)18-21-10-6-4-7-11-21/h4,6-7,10-11,22-23H,5,8-9,12-20H2,1-3H3,(H,27,31)/t23-/m0/s1. The Morgan fingerprint density at radius 1 is 1.06 bits per heavy atom. The van der Waals surface area contributed by atoms with Gasteiger partial charge in [-0.1, -0.05) is 49.6 Å². The van der Waals surface area contributed by atoms with Gasteiger partial charge in [0, 0.05) is 38.5 Å². The van der Waals surface area contributed by atoms with Crippen LogP contribution in [0.15, 0.2) is 30.3 Å². The van der Waals surface area contributed by atoms with Gasteiger partial charge < -0.3 is 15.0 Å². The molecule has 2 fully saturated rings. The van der Waals surface area contributed by atoms with E-state index in [-0.39, 0.29) is 5.91 Å². The Labute approximate surface area is 203 Å². The Hall–Kier alpha value is -1.73. The second-order valence-electron chi connectivity index (χ2n) is 10.3. The molecule has 2 aliphatic rings. The van der Waals surface area contributed by atoms with Crippen LogP contribution in [0.3, 0.4) is 0 Å². The molecule has 1 aromatic carbocycles. The van der Waals surface area contributed by atoms with Crippen LogP contribution in [0.25, 0.3) is 0 Å². The molecule has 1 aliphatic carbocycles. The molecule has 0 radical (unpaired) electrons. The van der Waals surface area contributed by atoms with Crippen LogP contribution in [0.1, 0.15) is 58.4 Å². The fourth-order valence-electron chi connectivity index (χ4n) is 4.52. The van der Waals surface area contributed by atoms with E-state index in [0.29, 0.717) is 18.8 Å². The summed E-state index contributed by atoms with van der Waals surface area (Å²) in [5, 5.41) is 2.87. The van der Waals surface area contributed by atoms with E-state index in [9.17, 15) is 9.59 Å². The van der Waals surface area contributed by atoms with Crippen LogP contribution in [-0.2, 0) is 16.1 Å². The number of ether oxygens (including phenoxy) is 1. The lowest BCUT2D eigenvalue weighted by molar-refractivity contribution is -0.134. The van der Waals surface area contributed by atoms with E-state index in [2.05, 4.69) is 34.5 Å². The van der Waals surface area contributed by atoms with Gasteiger partial charge in [-0.05, 0) is 50.8 Å². The highest BCUT2D eigenvalue weighted by molar-refractivity contribution is 7.99. The number of nitrogens with one attached hydrogen (secondary N) is 1. The van der Waals surface area contributed by atoms with Crippen molar-refractivity contribution in [3.8, 4) is 0 Å². The fourth-order valence-corrected chi connectivity index (χ4v) is 5.78. The van der Waals surface area contributed by atoms with Crippen molar-refractivity contribution in [1.82, 2.24) is 15.1 Å². The number of carbonyl (C=O) groups excluding carboxylic acids is 2. The van der Waals surface area contributed by atoms with Crippen molar-refractivity contribution in [2.24, 2.45) is 5.92 Å². The molecule has 1 atom stereocenters. The van der Waals surface area contributed by atoms with Gasteiger partial charge in [-0.15, -0.1) is 0 Å². The molecular formula is C26H41N3O3S. The van der Waals surface area contributed by atoms with E-state index in [0.717, 1.165) is 31.3 Å². The molecule has 0 bridgehead atoms. The zero-order valence-corrected chi connectivity index (χ0v) is 21.4. The lowest BCUT2D eigenvalue weighted by Crippen LogP contribution is -2.56. The third-order valence-corrected chi connectivity index (χ3v) is 7.56. The highest BCUT2D eigenvalue weighted by Crippen LogP contribution is 2.27. The Morgan fingerprint density at radius 2 is 1.73 bits per heavy atom. The molecule has 1 aliphatic heterocycles. The van der Waals surface area contributed by atoms with E-state index < -0.39 is 17.7 Å². The Bertz CT molecular complexity index is 739. The Morgan fingerprint density at radius 3 is 2.36 bits per heavy atom. The van der Waals surface area contributed by atoms with Crippen LogP contribution < -0.4 is 5.32 Å². The van der Waals surface area contributed by atoms with Crippen molar-refractivity contribution in [2.75, 3.05) is 37.7 Å². The summed E-state index contributed by atoms with van der Waals surface area (Å²) >= 11 is 1.79. The van der Waals surface area contributed by atoms with Crippen molar-refractivity contribution in [2.45, 2.75) is 71.1 Å². The number of carbonyl (C=O) groups is 2. The van der Waals surface area contributed by atoms with Crippen LogP contribution in [-0.4, -0.2) is 71.1 Å². The zero-order chi connectivity index (χ0) is 23.7. The Balaban J connectivity index is 1.52. The van der Waals surface area contributed by atoms with Crippen LogP contribution in [0.5, 0.6) is 0 Å². The molecule has 1 heterocycles. The van der Waals surface area contributed by atoms with Crippen LogP contribution in [0, 0.1) is 5.92 Å². The number of thioether (sulfide) groups is 1. The molecule has 0 spiro atoms. The third-order valence-electron chi connectivity index (χ3n) is 6.28. The first kappa shape index (κ1) is 25.9. The molecule has 2 amide bonds. The maximum Gasteiger partial charge on any atom is 0.408 e. The molecule has 6 nitrogen and oxygen atoms in total. The van der Waals surface area contributed by atoms with E-state index in [1.54, 1.807) is 11.8 Å². The summed E-state index contributed by atoms with van der Waals surface area (Å²) in [6.07, 6.45) is 6.04. The fraction of sp³-hybridized carbons (Fsp3) is 0.692. The summed E-state index contributed by atoms with van der Waals surface area (Å²) in [5.74, 6) is 2.41. The predicted molar refractivity (Wildman–Crippen MR) is 135 cm³/mol. The number of nitrogens with zero attached hydrogens (tertiary/aromatic N) is 2. The zero-order valence-electron chi connectivity index (χ0n) is 20.6. The van der Waals surface area contributed by atoms with Crippen molar-refractivity contribution < 1.29 is 14.3 Å². The number of benzene rings is 1.